The predicted octanol–water partition coefficient (Wildman–Crippen LogP) is 3.22. The first-order valence-corrected chi connectivity index (χ1v) is 9.07. The maximum Gasteiger partial charge on any atom is 0.139 e. The molecular weight excluding hydrogens is 212 g/mol. The quantitative estimate of drug-likeness (QED) is 0.582. The van der Waals surface area contributed by atoms with Gasteiger partial charge in [-0.1, -0.05) is 49.3 Å². The Kier molecular flexibility index (Phi) is 3.96. The molecule has 0 radical (unpaired) electrons. The van der Waals surface area contributed by atoms with E-state index >= 15 is 0 Å². The van der Waals surface area contributed by atoms with Crippen LogP contribution in [0.1, 0.15) is 22.8 Å². The Morgan fingerprint density at radius 3 is 2.38 bits per heavy atom. The predicted molar refractivity (Wildman–Crippen MR) is 72.0 cm³/mol. The SMILES string of the molecule is Cc1ccc(C)c(C(O)C#C[Si](C)(C)C)c1. The van der Waals surface area contributed by atoms with E-state index in [0.29, 0.717) is 0 Å². The van der Waals surface area contributed by atoms with Crippen molar-refractivity contribution in [3.05, 3.63) is 34.9 Å². The molecule has 0 aromatic heterocycles. The van der Waals surface area contributed by atoms with Crippen molar-refractivity contribution in [2.75, 3.05) is 0 Å². The van der Waals surface area contributed by atoms with Crippen LogP contribution in [0, 0.1) is 25.3 Å². The van der Waals surface area contributed by atoms with Crippen LogP contribution < -0.4 is 0 Å². The summed E-state index contributed by atoms with van der Waals surface area (Å²) >= 11 is 0. The van der Waals surface area contributed by atoms with Crippen LogP contribution in [-0.4, -0.2) is 13.2 Å². The zero-order valence-electron chi connectivity index (χ0n) is 10.8. The number of benzene rings is 1. The average molecular weight is 232 g/mol. The molecule has 1 nitrogen and oxygen atoms in total. The molecule has 0 saturated carbocycles. The molecule has 0 spiro atoms. The van der Waals surface area contributed by atoms with Crippen LogP contribution in [0.5, 0.6) is 0 Å². The number of aliphatic hydroxyl groups is 1. The van der Waals surface area contributed by atoms with Crippen molar-refractivity contribution in [3.63, 3.8) is 0 Å². The summed E-state index contributed by atoms with van der Waals surface area (Å²) in [6, 6.07) is 6.10. The highest BCUT2D eigenvalue weighted by Crippen LogP contribution is 2.18. The van der Waals surface area contributed by atoms with E-state index in [4.69, 9.17) is 0 Å². The fourth-order valence-corrected chi connectivity index (χ4v) is 1.99. The second-order valence-electron chi connectivity index (χ2n) is 5.28. The van der Waals surface area contributed by atoms with Crippen molar-refractivity contribution in [2.45, 2.75) is 39.6 Å². The lowest BCUT2D eigenvalue weighted by Crippen LogP contribution is -2.17. The smallest absolute Gasteiger partial charge is 0.139 e. The molecule has 0 amide bonds. The Bertz CT molecular complexity index is 432. The molecule has 0 fully saturated rings. The number of hydrogen-bond acceptors (Lipinski definition) is 1. The maximum atomic E-state index is 10.0. The highest BCUT2D eigenvalue weighted by Gasteiger charge is 2.11. The zero-order chi connectivity index (χ0) is 12.3. The van der Waals surface area contributed by atoms with Gasteiger partial charge in [0.25, 0.3) is 0 Å². The molecule has 16 heavy (non-hydrogen) atoms. The molecular formula is C14H20OSi. The van der Waals surface area contributed by atoms with Crippen molar-refractivity contribution >= 4 is 8.07 Å². The van der Waals surface area contributed by atoms with Gasteiger partial charge in [-0.3, -0.25) is 0 Å². The Labute approximate surface area is 99.5 Å². The van der Waals surface area contributed by atoms with Crippen molar-refractivity contribution in [2.24, 2.45) is 0 Å². The molecule has 0 saturated heterocycles. The van der Waals surface area contributed by atoms with Gasteiger partial charge < -0.3 is 5.11 Å². The summed E-state index contributed by atoms with van der Waals surface area (Å²) in [6.45, 7) is 10.6. The normalized spacial score (nSPS) is 12.9. The van der Waals surface area contributed by atoms with Gasteiger partial charge in [0, 0.05) is 0 Å². The monoisotopic (exact) mass is 232 g/mol. The molecule has 86 valence electrons. The van der Waals surface area contributed by atoms with Crippen LogP contribution in [0.3, 0.4) is 0 Å². The molecule has 0 bridgehead atoms. The van der Waals surface area contributed by atoms with Gasteiger partial charge >= 0.3 is 0 Å². The Morgan fingerprint density at radius 2 is 1.81 bits per heavy atom. The third-order valence-corrected chi connectivity index (χ3v) is 3.21. The first-order valence-electron chi connectivity index (χ1n) is 5.57. The van der Waals surface area contributed by atoms with E-state index in [1.807, 2.05) is 26.0 Å². The second-order valence-corrected chi connectivity index (χ2v) is 10.0. The van der Waals surface area contributed by atoms with Gasteiger partial charge in [0.05, 0.1) is 0 Å². The number of rotatable bonds is 1. The molecule has 1 unspecified atom stereocenters. The number of aryl methyl sites for hydroxylation is 2. The van der Waals surface area contributed by atoms with Crippen LogP contribution in [0.25, 0.3) is 0 Å². The van der Waals surface area contributed by atoms with Gasteiger partial charge in [-0.15, -0.1) is 5.54 Å². The lowest BCUT2D eigenvalue weighted by Gasteiger charge is -2.10. The standard InChI is InChI=1S/C14H20OSi/c1-11-6-7-12(2)13(10-11)14(15)8-9-16(3,4)5/h6-7,10,14-15H,1-5H3. The van der Waals surface area contributed by atoms with Gasteiger partial charge in [0.15, 0.2) is 0 Å². The first kappa shape index (κ1) is 13.0. The molecule has 0 heterocycles. The van der Waals surface area contributed by atoms with E-state index in [0.717, 1.165) is 16.7 Å². The summed E-state index contributed by atoms with van der Waals surface area (Å²) in [5.41, 5.74) is 6.40. The average Bonchev–Trinajstić information content (AvgIpc) is 2.17. The third-order valence-electron chi connectivity index (χ3n) is 2.31. The van der Waals surface area contributed by atoms with E-state index < -0.39 is 14.2 Å². The highest BCUT2D eigenvalue weighted by atomic mass is 28.3. The van der Waals surface area contributed by atoms with Crippen LogP contribution in [0.15, 0.2) is 18.2 Å². The molecule has 0 aliphatic rings. The molecule has 2 heteroatoms. The van der Waals surface area contributed by atoms with Crippen molar-refractivity contribution in [1.29, 1.82) is 0 Å². The van der Waals surface area contributed by atoms with E-state index in [1.165, 1.54) is 0 Å². The lowest BCUT2D eigenvalue weighted by molar-refractivity contribution is 0.237. The molecule has 0 aliphatic carbocycles. The Morgan fingerprint density at radius 1 is 1.19 bits per heavy atom. The highest BCUT2D eigenvalue weighted by molar-refractivity contribution is 6.83. The summed E-state index contributed by atoms with van der Waals surface area (Å²) in [6.07, 6.45) is -0.647. The van der Waals surface area contributed by atoms with Gasteiger partial charge in [-0.05, 0) is 25.0 Å². The fourth-order valence-electron chi connectivity index (χ4n) is 1.42. The number of hydrogen-bond donors (Lipinski definition) is 1. The van der Waals surface area contributed by atoms with Gasteiger partial charge in [0.2, 0.25) is 0 Å². The summed E-state index contributed by atoms with van der Waals surface area (Å²) < 4.78 is 0. The van der Waals surface area contributed by atoms with Crippen LogP contribution in [0.4, 0.5) is 0 Å². The Balaban J connectivity index is 3.00. The number of aliphatic hydroxyl groups excluding tert-OH is 1. The largest absolute Gasteiger partial charge is 0.376 e. The van der Waals surface area contributed by atoms with E-state index in [1.54, 1.807) is 0 Å². The fraction of sp³-hybridized carbons (Fsp3) is 0.429. The van der Waals surface area contributed by atoms with Crippen LogP contribution in [-0.2, 0) is 0 Å². The molecule has 0 aliphatic heterocycles. The van der Waals surface area contributed by atoms with Gasteiger partial charge in [-0.25, -0.2) is 0 Å². The molecule has 1 N–H and O–H groups in total. The van der Waals surface area contributed by atoms with Crippen LogP contribution >= 0.6 is 0 Å². The summed E-state index contributed by atoms with van der Waals surface area (Å²) in [7, 11) is -1.40. The van der Waals surface area contributed by atoms with Gasteiger partial charge in [0.1, 0.15) is 14.2 Å². The minimum atomic E-state index is -1.40. The zero-order valence-corrected chi connectivity index (χ0v) is 11.8. The second kappa shape index (κ2) is 4.86. The lowest BCUT2D eigenvalue weighted by atomic mass is 10.0. The summed E-state index contributed by atoms with van der Waals surface area (Å²) in [5.74, 6) is 2.97. The molecule has 1 aromatic rings. The van der Waals surface area contributed by atoms with Crippen molar-refractivity contribution < 1.29 is 5.11 Å². The first-order chi connectivity index (χ1) is 7.29. The van der Waals surface area contributed by atoms with E-state index in [-0.39, 0.29) is 0 Å². The summed E-state index contributed by atoms with van der Waals surface area (Å²) in [5, 5.41) is 10.0. The third kappa shape index (κ3) is 3.84. The topological polar surface area (TPSA) is 20.2 Å². The minimum absolute atomic E-state index is 0.647. The molecule has 1 aromatic carbocycles. The maximum absolute atomic E-state index is 10.0. The molecule has 1 rings (SSSR count). The van der Waals surface area contributed by atoms with Gasteiger partial charge in [-0.2, -0.15) is 0 Å². The molecule has 1 atom stereocenters. The van der Waals surface area contributed by atoms with E-state index in [9.17, 15) is 5.11 Å². The minimum Gasteiger partial charge on any atom is -0.376 e. The van der Waals surface area contributed by atoms with Crippen molar-refractivity contribution in [3.8, 4) is 11.5 Å². The van der Waals surface area contributed by atoms with Crippen LogP contribution in [0.2, 0.25) is 19.6 Å². The Hall–Kier alpha value is -1.04. The van der Waals surface area contributed by atoms with Crippen molar-refractivity contribution in [1.82, 2.24) is 0 Å². The van der Waals surface area contributed by atoms with E-state index in [2.05, 4.69) is 37.2 Å². The summed E-state index contributed by atoms with van der Waals surface area (Å²) in [4.78, 5) is 0.